The van der Waals surface area contributed by atoms with Crippen molar-refractivity contribution >= 4 is 22.6 Å². The van der Waals surface area contributed by atoms with E-state index in [0.29, 0.717) is 6.04 Å². The molecule has 0 aliphatic carbocycles. The molecule has 0 spiro atoms. The predicted octanol–water partition coefficient (Wildman–Crippen LogP) is 2.77. The van der Waals surface area contributed by atoms with Crippen LogP contribution >= 0.6 is 11.8 Å². The van der Waals surface area contributed by atoms with E-state index < -0.39 is 0 Å². The lowest BCUT2D eigenvalue weighted by molar-refractivity contribution is 0.634. The highest BCUT2D eigenvalue weighted by Crippen LogP contribution is 2.20. The molecule has 0 radical (unpaired) electrons. The maximum Gasteiger partial charge on any atom is 0.161 e. The number of nitrogens with one attached hydrogen (secondary N) is 1. The van der Waals surface area contributed by atoms with Gasteiger partial charge in [0.2, 0.25) is 0 Å². The molecule has 0 saturated heterocycles. The molecule has 2 heterocycles. The van der Waals surface area contributed by atoms with Crippen molar-refractivity contribution in [1.82, 2.24) is 4.98 Å². The Balaban J connectivity index is 2.03. The molecular weight excluding hydrogens is 206 g/mol. The second-order valence-corrected chi connectivity index (χ2v) is 4.58. The number of amidine groups is 1. The van der Waals surface area contributed by atoms with E-state index in [1.165, 1.54) is 6.42 Å². The number of hydrogen-bond acceptors (Lipinski definition) is 4. The van der Waals surface area contributed by atoms with Gasteiger partial charge in [0.05, 0.1) is 17.9 Å². The van der Waals surface area contributed by atoms with Crippen LogP contribution in [0.3, 0.4) is 0 Å². The Hall–Kier alpha value is -1.03. The molecule has 3 nitrogen and oxygen atoms in total. The zero-order valence-corrected chi connectivity index (χ0v) is 9.63. The third-order valence-electron chi connectivity index (χ3n) is 2.37. The van der Waals surface area contributed by atoms with Crippen LogP contribution in [0.25, 0.3) is 0 Å². The first-order chi connectivity index (χ1) is 7.38. The molecule has 0 bridgehead atoms. The first kappa shape index (κ1) is 10.5. The van der Waals surface area contributed by atoms with E-state index in [2.05, 4.69) is 22.2 Å². The zero-order chi connectivity index (χ0) is 10.5. The largest absolute Gasteiger partial charge is 0.334 e. The number of anilines is 1. The summed E-state index contributed by atoms with van der Waals surface area (Å²) >= 11 is 1.79. The van der Waals surface area contributed by atoms with Gasteiger partial charge in [-0.05, 0) is 25.0 Å². The van der Waals surface area contributed by atoms with Crippen LogP contribution in [0.2, 0.25) is 0 Å². The summed E-state index contributed by atoms with van der Waals surface area (Å²) in [7, 11) is 0. The monoisotopic (exact) mass is 221 g/mol. The number of thioether (sulfide) groups is 1. The highest BCUT2D eigenvalue weighted by atomic mass is 32.2. The topological polar surface area (TPSA) is 37.3 Å². The van der Waals surface area contributed by atoms with Crippen LogP contribution in [-0.2, 0) is 0 Å². The van der Waals surface area contributed by atoms with E-state index in [-0.39, 0.29) is 0 Å². The Morgan fingerprint density at radius 3 is 3.27 bits per heavy atom. The minimum atomic E-state index is 0.491. The maximum absolute atomic E-state index is 4.64. The zero-order valence-electron chi connectivity index (χ0n) is 8.81. The van der Waals surface area contributed by atoms with E-state index >= 15 is 0 Å². The van der Waals surface area contributed by atoms with Gasteiger partial charge in [-0.2, -0.15) is 0 Å². The standard InChI is InChI=1S/C11H15N3S/c1-2-9-5-7-15-11(13-9)14-10-4-3-6-12-8-10/h3-4,6,8-9H,2,5,7H2,1H3,(H,13,14). The smallest absolute Gasteiger partial charge is 0.161 e. The van der Waals surface area contributed by atoms with Gasteiger partial charge in [0.25, 0.3) is 0 Å². The molecule has 0 amide bonds. The highest BCUT2D eigenvalue weighted by Gasteiger charge is 2.13. The molecule has 0 aromatic carbocycles. The first-order valence-corrected chi connectivity index (χ1v) is 6.24. The van der Waals surface area contributed by atoms with Crippen LogP contribution in [-0.4, -0.2) is 21.9 Å². The Labute approximate surface area is 94.4 Å². The highest BCUT2D eigenvalue weighted by molar-refractivity contribution is 8.14. The third kappa shape index (κ3) is 2.96. The fourth-order valence-electron chi connectivity index (χ4n) is 1.48. The summed E-state index contributed by atoms with van der Waals surface area (Å²) in [5.41, 5.74) is 1.01. The summed E-state index contributed by atoms with van der Waals surface area (Å²) < 4.78 is 0. The Morgan fingerprint density at radius 1 is 1.60 bits per heavy atom. The van der Waals surface area contributed by atoms with Gasteiger partial charge in [0.1, 0.15) is 0 Å². The minimum Gasteiger partial charge on any atom is -0.334 e. The van der Waals surface area contributed by atoms with Crippen molar-refractivity contribution in [3.8, 4) is 0 Å². The fraction of sp³-hybridized carbons (Fsp3) is 0.455. The summed E-state index contributed by atoms with van der Waals surface area (Å²) in [5.74, 6) is 1.16. The van der Waals surface area contributed by atoms with E-state index in [1.807, 2.05) is 18.3 Å². The molecule has 1 N–H and O–H groups in total. The van der Waals surface area contributed by atoms with E-state index in [1.54, 1.807) is 18.0 Å². The van der Waals surface area contributed by atoms with Gasteiger partial charge in [-0.15, -0.1) is 0 Å². The molecule has 1 aliphatic rings. The third-order valence-corrected chi connectivity index (χ3v) is 3.29. The molecule has 1 aromatic rings. The molecule has 4 heteroatoms. The summed E-state index contributed by atoms with van der Waals surface area (Å²) in [6, 6.07) is 4.42. The average Bonchev–Trinajstić information content (AvgIpc) is 2.31. The second-order valence-electron chi connectivity index (χ2n) is 3.50. The van der Waals surface area contributed by atoms with Gasteiger partial charge in [-0.1, -0.05) is 18.7 Å². The lowest BCUT2D eigenvalue weighted by atomic mass is 10.2. The molecule has 0 saturated carbocycles. The maximum atomic E-state index is 4.64. The fourth-order valence-corrected chi connectivity index (χ4v) is 2.48. The lowest BCUT2D eigenvalue weighted by Gasteiger charge is -2.19. The van der Waals surface area contributed by atoms with Crippen LogP contribution in [0.1, 0.15) is 19.8 Å². The van der Waals surface area contributed by atoms with Gasteiger partial charge < -0.3 is 5.32 Å². The quantitative estimate of drug-likeness (QED) is 0.834. The summed E-state index contributed by atoms with van der Waals surface area (Å²) in [6.07, 6.45) is 5.91. The Morgan fingerprint density at radius 2 is 2.53 bits per heavy atom. The second kappa shape index (κ2) is 5.16. The van der Waals surface area contributed by atoms with Gasteiger partial charge in [0.15, 0.2) is 5.17 Å². The Bertz CT molecular complexity index is 337. The Kier molecular flexibility index (Phi) is 3.61. The number of aliphatic imine (C=N–C) groups is 1. The first-order valence-electron chi connectivity index (χ1n) is 5.26. The number of rotatable bonds is 2. The molecular formula is C11H15N3S. The van der Waals surface area contributed by atoms with Crippen molar-refractivity contribution in [2.45, 2.75) is 25.8 Å². The van der Waals surface area contributed by atoms with Crippen molar-refractivity contribution in [3.63, 3.8) is 0 Å². The van der Waals surface area contributed by atoms with E-state index in [9.17, 15) is 0 Å². The van der Waals surface area contributed by atoms with Gasteiger partial charge in [-0.3, -0.25) is 9.98 Å². The van der Waals surface area contributed by atoms with Crippen LogP contribution in [0, 0.1) is 0 Å². The predicted molar refractivity (Wildman–Crippen MR) is 66.4 cm³/mol. The number of nitrogens with zero attached hydrogens (tertiary/aromatic N) is 2. The molecule has 80 valence electrons. The van der Waals surface area contributed by atoms with Crippen LogP contribution in [0.5, 0.6) is 0 Å². The van der Waals surface area contributed by atoms with Crippen LogP contribution in [0.15, 0.2) is 29.5 Å². The van der Waals surface area contributed by atoms with Gasteiger partial charge in [0, 0.05) is 11.9 Å². The van der Waals surface area contributed by atoms with E-state index in [4.69, 9.17) is 0 Å². The van der Waals surface area contributed by atoms with E-state index in [0.717, 1.165) is 23.0 Å². The number of pyridine rings is 1. The molecule has 15 heavy (non-hydrogen) atoms. The molecule has 2 rings (SSSR count). The molecule has 0 fully saturated rings. The summed E-state index contributed by atoms with van der Waals surface area (Å²) in [5, 5.41) is 4.32. The SMILES string of the molecule is CCC1CCSC(Nc2cccnc2)=N1. The lowest BCUT2D eigenvalue weighted by Crippen LogP contribution is -2.19. The summed E-state index contributed by atoms with van der Waals surface area (Å²) in [4.78, 5) is 8.70. The van der Waals surface area contributed by atoms with Crippen LogP contribution in [0.4, 0.5) is 5.69 Å². The molecule has 1 aromatic heterocycles. The van der Waals surface area contributed by atoms with Crippen molar-refractivity contribution in [2.24, 2.45) is 4.99 Å². The minimum absolute atomic E-state index is 0.491. The van der Waals surface area contributed by atoms with Gasteiger partial charge in [-0.25, -0.2) is 0 Å². The molecule has 1 atom stereocenters. The molecule has 1 unspecified atom stereocenters. The normalized spacial score (nSPS) is 20.9. The van der Waals surface area contributed by atoms with Crippen molar-refractivity contribution in [3.05, 3.63) is 24.5 Å². The number of aromatic nitrogens is 1. The van der Waals surface area contributed by atoms with Crippen molar-refractivity contribution in [2.75, 3.05) is 11.1 Å². The number of hydrogen-bond donors (Lipinski definition) is 1. The van der Waals surface area contributed by atoms with Crippen molar-refractivity contribution < 1.29 is 0 Å². The average molecular weight is 221 g/mol. The molecule has 1 aliphatic heterocycles. The van der Waals surface area contributed by atoms with Crippen LogP contribution < -0.4 is 5.32 Å². The van der Waals surface area contributed by atoms with Gasteiger partial charge >= 0.3 is 0 Å². The van der Waals surface area contributed by atoms with Crippen molar-refractivity contribution in [1.29, 1.82) is 0 Å². The summed E-state index contributed by atoms with van der Waals surface area (Å²) in [6.45, 7) is 2.19.